The van der Waals surface area contributed by atoms with E-state index in [-0.39, 0.29) is 12.1 Å². The van der Waals surface area contributed by atoms with Crippen molar-refractivity contribution in [3.8, 4) is 0 Å². The van der Waals surface area contributed by atoms with E-state index in [9.17, 15) is 9.90 Å². The van der Waals surface area contributed by atoms with Crippen molar-refractivity contribution in [2.75, 3.05) is 29.9 Å². The van der Waals surface area contributed by atoms with Crippen LogP contribution in [0.25, 0.3) is 0 Å². The Kier molecular flexibility index (Phi) is 4.72. The summed E-state index contributed by atoms with van der Waals surface area (Å²) in [6, 6.07) is 6.00. The average Bonchev–Trinajstić information content (AvgIpc) is 3.20. The minimum absolute atomic E-state index is 0.114. The third-order valence-electron chi connectivity index (χ3n) is 5.25. The maximum atomic E-state index is 12.7. The SMILES string of the molecule is Cc1cc(N2CCCC2)ccc1NC(=O)N1CCCC1C(C)(C)O. The van der Waals surface area contributed by atoms with Gasteiger partial charge in [0.2, 0.25) is 0 Å². The quantitative estimate of drug-likeness (QED) is 0.893. The zero-order valence-corrected chi connectivity index (χ0v) is 15.0. The van der Waals surface area contributed by atoms with Gasteiger partial charge in [-0.2, -0.15) is 0 Å². The summed E-state index contributed by atoms with van der Waals surface area (Å²) in [5.41, 5.74) is 2.29. The largest absolute Gasteiger partial charge is 0.388 e. The molecule has 2 aliphatic heterocycles. The monoisotopic (exact) mass is 331 g/mol. The van der Waals surface area contributed by atoms with E-state index in [1.807, 2.05) is 13.0 Å². The fraction of sp³-hybridized carbons (Fsp3) is 0.632. The van der Waals surface area contributed by atoms with E-state index in [0.717, 1.165) is 37.2 Å². The number of nitrogens with zero attached hydrogens (tertiary/aromatic N) is 2. The third-order valence-corrected chi connectivity index (χ3v) is 5.25. The Bertz CT molecular complexity index is 603. The van der Waals surface area contributed by atoms with Crippen molar-refractivity contribution < 1.29 is 9.90 Å². The predicted octanol–water partition coefficient (Wildman–Crippen LogP) is 3.36. The van der Waals surface area contributed by atoms with Gasteiger partial charge < -0.3 is 20.2 Å². The molecule has 1 aromatic carbocycles. The van der Waals surface area contributed by atoms with Crippen LogP contribution in [0.15, 0.2) is 18.2 Å². The van der Waals surface area contributed by atoms with Gasteiger partial charge in [0.05, 0.1) is 11.6 Å². The van der Waals surface area contributed by atoms with Crippen LogP contribution in [0.2, 0.25) is 0 Å². The number of carbonyl (C=O) groups is 1. The van der Waals surface area contributed by atoms with Crippen LogP contribution < -0.4 is 10.2 Å². The highest BCUT2D eigenvalue weighted by Gasteiger charge is 2.38. The molecule has 1 unspecified atom stereocenters. The van der Waals surface area contributed by atoms with Gasteiger partial charge in [0.1, 0.15) is 0 Å². The molecule has 2 amide bonds. The lowest BCUT2D eigenvalue weighted by Gasteiger charge is -2.34. The summed E-state index contributed by atoms with van der Waals surface area (Å²) in [7, 11) is 0. The second kappa shape index (κ2) is 6.63. The number of benzene rings is 1. The zero-order chi connectivity index (χ0) is 17.3. The minimum atomic E-state index is -0.873. The number of nitrogens with one attached hydrogen (secondary N) is 1. The first kappa shape index (κ1) is 17.1. The summed E-state index contributed by atoms with van der Waals surface area (Å²) in [5.74, 6) is 0. The maximum absolute atomic E-state index is 12.7. The summed E-state index contributed by atoms with van der Waals surface area (Å²) < 4.78 is 0. The van der Waals surface area contributed by atoms with E-state index < -0.39 is 5.60 Å². The van der Waals surface area contributed by atoms with Crippen molar-refractivity contribution >= 4 is 17.4 Å². The zero-order valence-electron chi connectivity index (χ0n) is 15.0. The Morgan fingerprint density at radius 3 is 2.54 bits per heavy atom. The molecule has 2 heterocycles. The second-order valence-electron chi connectivity index (χ2n) is 7.63. The molecule has 132 valence electrons. The van der Waals surface area contributed by atoms with E-state index in [0.29, 0.717) is 6.54 Å². The van der Waals surface area contributed by atoms with Crippen molar-refractivity contribution in [2.24, 2.45) is 0 Å². The first-order valence-corrected chi connectivity index (χ1v) is 9.02. The number of likely N-dealkylation sites (tertiary alicyclic amines) is 1. The predicted molar refractivity (Wildman–Crippen MR) is 97.7 cm³/mol. The standard InChI is InChI=1S/C19H29N3O2/c1-14-13-15(21-10-4-5-11-21)8-9-16(14)20-18(23)22-12-6-7-17(22)19(2,3)24/h8-9,13,17,24H,4-7,10-12H2,1-3H3,(H,20,23). The molecule has 0 bridgehead atoms. The van der Waals surface area contributed by atoms with Crippen LogP contribution >= 0.6 is 0 Å². The van der Waals surface area contributed by atoms with Crippen LogP contribution in [0.3, 0.4) is 0 Å². The normalized spacial score (nSPS) is 21.4. The van der Waals surface area contributed by atoms with E-state index >= 15 is 0 Å². The van der Waals surface area contributed by atoms with E-state index in [4.69, 9.17) is 0 Å². The van der Waals surface area contributed by atoms with Crippen molar-refractivity contribution in [1.29, 1.82) is 0 Å². The minimum Gasteiger partial charge on any atom is -0.388 e. The molecule has 0 spiro atoms. The Morgan fingerprint density at radius 1 is 1.21 bits per heavy atom. The van der Waals surface area contributed by atoms with E-state index in [1.54, 1.807) is 18.7 Å². The van der Waals surface area contributed by atoms with Gasteiger partial charge in [-0.05, 0) is 70.2 Å². The van der Waals surface area contributed by atoms with Crippen molar-refractivity contribution in [2.45, 2.75) is 58.1 Å². The van der Waals surface area contributed by atoms with Crippen LogP contribution in [-0.2, 0) is 0 Å². The van der Waals surface area contributed by atoms with Gasteiger partial charge in [-0.25, -0.2) is 4.79 Å². The van der Waals surface area contributed by atoms with Crippen LogP contribution in [-0.4, -0.2) is 47.3 Å². The summed E-state index contributed by atoms with van der Waals surface area (Å²) in [4.78, 5) is 16.8. The molecule has 3 rings (SSSR count). The number of rotatable bonds is 3. The van der Waals surface area contributed by atoms with Gasteiger partial charge in [0.15, 0.2) is 0 Å². The number of aryl methyl sites for hydroxylation is 1. The van der Waals surface area contributed by atoms with E-state index in [2.05, 4.69) is 22.3 Å². The number of carbonyl (C=O) groups excluding carboxylic acids is 1. The number of hydrogen-bond acceptors (Lipinski definition) is 3. The molecule has 0 radical (unpaired) electrons. The summed E-state index contributed by atoms with van der Waals surface area (Å²) in [5, 5.41) is 13.3. The molecular weight excluding hydrogens is 302 g/mol. The van der Waals surface area contributed by atoms with Crippen molar-refractivity contribution in [3.05, 3.63) is 23.8 Å². The van der Waals surface area contributed by atoms with Gasteiger partial charge >= 0.3 is 6.03 Å². The number of hydrogen-bond donors (Lipinski definition) is 2. The molecule has 2 fully saturated rings. The Balaban J connectivity index is 1.70. The van der Waals surface area contributed by atoms with Crippen LogP contribution in [0.4, 0.5) is 16.2 Å². The molecule has 1 atom stereocenters. The summed E-state index contributed by atoms with van der Waals surface area (Å²) in [6.07, 6.45) is 4.30. The summed E-state index contributed by atoms with van der Waals surface area (Å²) in [6.45, 7) is 8.52. The van der Waals surface area contributed by atoms with E-state index in [1.165, 1.54) is 18.5 Å². The molecule has 2 aliphatic rings. The molecule has 5 nitrogen and oxygen atoms in total. The van der Waals surface area contributed by atoms with Crippen LogP contribution in [0.5, 0.6) is 0 Å². The third kappa shape index (κ3) is 3.51. The van der Waals surface area contributed by atoms with Gasteiger partial charge in [-0.1, -0.05) is 0 Å². The van der Waals surface area contributed by atoms with Crippen molar-refractivity contribution in [1.82, 2.24) is 4.90 Å². The Morgan fingerprint density at radius 2 is 1.92 bits per heavy atom. The molecule has 0 aromatic heterocycles. The Hall–Kier alpha value is -1.75. The topological polar surface area (TPSA) is 55.8 Å². The van der Waals surface area contributed by atoms with Crippen LogP contribution in [0, 0.1) is 6.92 Å². The number of aliphatic hydroxyl groups is 1. The molecule has 5 heteroatoms. The number of anilines is 2. The molecule has 0 saturated carbocycles. The molecular formula is C19H29N3O2. The number of amides is 2. The molecule has 0 aliphatic carbocycles. The Labute approximate surface area is 144 Å². The molecule has 1 aromatic rings. The van der Waals surface area contributed by atoms with Crippen LogP contribution in [0.1, 0.15) is 45.1 Å². The average molecular weight is 331 g/mol. The first-order chi connectivity index (χ1) is 11.4. The number of urea groups is 1. The van der Waals surface area contributed by atoms with Crippen molar-refractivity contribution in [3.63, 3.8) is 0 Å². The first-order valence-electron chi connectivity index (χ1n) is 9.02. The van der Waals surface area contributed by atoms with Gasteiger partial charge in [-0.15, -0.1) is 0 Å². The van der Waals surface area contributed by atoms with Gasteiger partial charge in [-0.3, -0.25) is 0 Å². The molecule has 24 heavy (non-hydrogen) atoms. The lowest BCUT2D eigenvalue weighted by molar-refractivity contribution is 0.0117. The lowest BCUT2D eigenvalue weighted by Crippen LogP contribution is -2.49. The highest BCUT2D eigenvalue weighted by atomic mass is 16.3. The smallest absolute Gasteiger partial charge is 0.322 e. The van der Waals surface area contributed by atoms with Gasteiger partial charge in [0.25, 0.3) is 0 Å². The fourth-order valence-corrected chi connectivity index (χ4v) is 3.89. The lowest BCUT2D eigenvalue weighted by atomic mass is 9.97. The highest BCUT2D eigenvalue weighted by molar-refractivity contribution is 5.91. The summed E-state index contributed by atoms with van der Waals surface area (Å²) >= 11 is 0. The maximum Gasteiger partial charge on any atom is 0.322 e. The van der Waals surface area contributed by atoms with Gasteiger partial charge in [0, 0.05) is 31.0 Å². The highest BCUT2D eigenvalue weighted by Crippen LogP contribution is 2.29. The second-order valence-corrected chi connectivity index (χ2v) is 7.63. The fourth-order valence-electron chi connectivity index (χ4n) is 3.89. The molecule has 2 saturated heterocycles. The molecule has 2 N–H and O–H groups in total.